The average Bonchev–Trinajstić information content (AvgIpc) is 2.84. The van der Waals surface area contributed by atoms with Gasteiger partial charge in [-0.3, -0.25) is 0 Å². The fraction of sp³-hybridized carbons (Fsp3) is 0.375. The summed E-state index contributed by atoms with van der Waals surface area (Å²) in [6.07, 6.45) is 5.95. The molecule has 0 aliphatic carbocycles. The minimum Gasteiger partial charge on any atom is -0.358 e. The molecule has 3 heterocycles. The van der Waals surface area contributed by atoms with Crippen LogP contribution < -0.4 is 15.5 Å². The maximum Gasteiger partial charge on any atom is 0.171 e. The van der Waals surface area contributed by atoms with E-state index in [9.17, 15) is 0 Å². The van der Waals surface area contributed by atoms with Gasteiger partial charge in [0.05, 0.1) is 19.4 Å². The molecule has 2 saturated heterocycles. The second-order valence-corrected chi connectivity index (χ2v) is 8.56. The lowest BCUT2D eigenvalue weighted by Crippen LogP contribution is -2.50. The second-order valence-electron chi connectivity index (χ2n) is 8.15. The fourth-order valence-electron chi connectivity index (χ4n) is 4.42. The molecule has 7 nitrogen and oxygen atoms in total. The van der Waals surface area contributed by atoms with Gasteiger partial charge in [0, 0.05) is 32.5 Å². The number of aromatic nitrogens is 2. The van der Waals surface area contributed by atoms with E-state index in [2.05, 4.69) is 68.0 Å². The molecule has 3 aromatic rings. The van der Waals surface area contributed by atoms with E-state index in [1.807, 2.05) is 0 Å². The van der Waals surface area contributed by atoms with Gasteiger partial charge in [0.1, 0.15) is 12.0 Å². The quantitative estimate of drug-likeness (QED) is 0.582. The molecule has 32 heavy (non-hydrogen) atoms. The van der Waals surface area contributed by atoms with Crippen molar-refractivity contribution >= 4 is 39.6 Å². The first kappa shape index (κ1) is 21.1. The highest BCUT2D eigenvalue weighted by molar-refractivity contribution is 7.80. The molecule has 0 amide bonds. The molecule has 1 spiro atoms. The van der Waals surface area contributed by atoms with Crippen molar-refractivity contribution in [1.82, 2.24) is 15.3 Å². The summed E-state index contributed by atoms with van der Waals surface area (Å²) in [5.74, 6) is 0.421. The van der Waals surface area contributed by atoms with Crippen molar-refractivity contribution in [2.45, 2.75) is 31.6 Å². The number of nitrogens with zero attached hydrogens (tertiary/aromatic N) is 3. The van der Waals surface area contributed by atoms with Crippen molar-refractivity contribution in [2.24, 2.45) is 0 Å². The van der Waals surface area contributed by atoms with Crippen molar-refractivity contribution in [1.29, 1.82) is 0 Å². The van der Waals surface area contributed by atoms with E-state index in [1.54, 1.807) is 12.5 Å². The van der Waals surface area contributed by atoms with E-state index >= 15 is 0 Å². The van der Waals surface area contributed by atoms with E-state index in [4.69, 9.17) is 21.7 Å². The van der Waals surface area contributed by atoms with Gasteiger partial charge in [-0.1, -0.05) is 42.5 Å². The molecule has 2 fully saturated rings. The molecule has 2 aliphatic heterocycles. The lowest BCUT2D eigenvalue weighted by atomic mass is 10.0. The molecular formula is C24H27N5O2S. The van der Waals surface area contributed by atoms with Crippen molar-refractivity contribution in [3.63, 3.8) is 0 Å². The first-order valence-corrected chi connectivity index (χ1v) is 11.5. The Morgan fingerprint density at radius 2 is 1.84 bits per heavy atom. The van der Waals surface area contributed by atoms with Gasteiger partial charge in [-0.05, 0) is 35.0 Å². The number of thiocarbonyl (C=S) groups is 1. The number of piperidine rings is 1. The zero-order valence-electron chi connectivity index (χ0n) is 17.9. The zero-order valence-corrected chi connectivity index (χ0v) is 18.7. The Morgan fingerprint density at radius 1 is 1.06 bits per heavy atom. The summed E-state index contributed by atoms with van der Waals surface area (Å²) in [4.78, 5) is 11.0. The van der Waals surface area contributed by atoms with Crippen LogP contribution in [0.2, 0.25) is 0 Å². The number of ether oxygens (including phenoxy) is 2. The maximum atomic E-state index is 5.96. The number of hydrogen-bond acceptors (Lipinski definition) is 6. The summed E-state index contributed by atoms with van der Waals surface area (Å²) in [5, 5.41) is 9.60. The molecule has 5 rings (SSSR count). The molecule has 0 radical (unpaired) electrons. The van der Waals surface area contributed by atoms with E-state index < -0.39 is 5.79 Å². The van der Waals surface area contributed by atoms with Crippen LogP contribution in [0.5, 0.6) is 0 Å². The summed E-state index contributed by atoms with van der Waals surface area (Å²) in [6.45, 7) is 3.80. The van der Waals surface area contributed by atoms with Crippen LogP contribution in [-0.4, -0.2) is 47.2 Å². The van der Waals surface area contributed by atoms with Crippen LogP contribution in [0.25, 0.3) is 10.8 Å². The van der Waals surface area contributed by atoms with Gasteiger partial charge in [-0.2, -0.15) is 0 Å². The first-order chi connectivity index (χ1) is 15.7. The lowest BCUT2D eigenvalue weighted by molar-refractivity contribution is -0.275. The molecule has 166 valence electrons. The summed E-state index contributed by atoms with van der Waals surface area (Å²) in [6, 6.07) is 14.7. The van der Waals surface area contributed by atoms with Crippen LogP contribution in [0.3, 0.4) is 0 Å². The molecule has 2 N–H and O–H groups in total. The van der Waals surface area contributed by atoms with Crippen molar-refractivity contribution < 1.29 is 9.47 Å². The van der Waals surface area contributed by atoms with Gasteiger partial charge in [-0.15, -0.1) is 0 Å². The largest absolute Gasteiger partial charge is 0.358 e. The van der Waals surface area contributed by atoms with Crippen LogP contribution in [-0.2, 0) is 16.0 Å². The van der Waals surface area contributed by atoms with Crippen molar-refractivity contribution in [2.75, 3.05) is 36.5 Å². The van der Waals surface area contributed by atoms with Gasteiger partial charge >= 0.3 is 0 Å². The van der Waals surface area contributed by atoms with Crippen LogP contribution in [0.1, 0.15) is 24.8 Å². The highest BCUT2D eigenvalue weighted by atomic mass is 32.1. The Morgan fingerprint density at radius 3 is 2.69 bits per heavy atom. The Hall–Kier alpha value is -2.81. The third-order valence-corrected chi connectivity index (χ3v) is 6.35. The SMILES string of the molecule is S=C(NCc1cccc2ccccc12)Nc1cncnc1N1CCC2(CC1)OCCCO2. The summed E-state index contributed by atoms with van der Waals surface area (Å²) in [7, 11) is 0. The minimum atomic E-state index is -0.426. The van der Waals surface area contributed by atoms with E-state index in [-0.39, 0.29) is 0 Å². The monoisotopic (exact) mass is 449 g/mol. The predicted octanol–water partition coefficient (Wildman–Crippen LogP) is 3.85. The van der Waals surface area contributed by atoms with E-state index in [0.29, 0.717) is 11.7 Å². The number of hydrogen-bond donors (Lipinski definition) is 2. The Kier molecular flexibility index (Phi) is 6.16. The zero-order chi connectivity index (χ0) is 21.8. The first-order valence-electron chi connectivity index (χ1n) is 11.1. The number of rotatable bonds is 4. The van der Waals surface area contributed by atoms with E-state index in [0.717, 1.165) is 57.1 Å². The molecule has 0 saturated carbocycles. The summed E-state index contributed by atoms with van der Waals surface area (Å²) >= 11 is 5.58. The van der Waals surface area contributed by atoms with Crippen LogP contribution in [0.4, 0.5) is 11.5 Å². The van der Waals surface area contributed by atoms with Gasteiger partial charge in [-0.25, -0.2) is 9.97 Å². The molecular weight excluding hydrogens is 422 g/mol. The van der Waals surface area contributed by atoms with Crippen molar-refractivity contribution in [3.05, 3.63) is 60.6 Å². The summed E-state index contributed by atoms with van der Waals surface area (Å²) < 4.78 is 11.9. The topological polar surface area (TPSA) is 71.5 Å². The molecule has 0 atom stereocenters. The normalized spacial score (nSPS) is 17.9. The molecule has 0 unspecified atom stereocenters. The van der Waals surface area contributed by atoms with Gasteiger partial charge in [0.25, 0.3) is 0 Å². The van der Waals surface area contributed by atoms with Gasteiger partial charge in [0.15, 0.2) is 16.7 Å². The molecule has 0 bridgehead atoms. The smallest absolute Gasteiger partial charge is 0.171 e. The predicted molar refractivity (Wildman–Crippen MR) is 130 cm³/mol. The maximum absolute atomic E-state index is 5.96. The van der Waals surface area contributed by atoms with Crippen LogP contribution >= 0.6 is 12.2 Å². The van der Waals surface area contributed by atoms with Crippen LogP contribution in [0, 0.1) is 0 Å². The number of anilines is 2. The Labute approximate surface area is 193 Å². The Balaban J connectivity index is 1.23. The van der Waals surface area contributed by atoms with Crippen molar-refractivity contribution in [3.8, 4) is 0 Å². The third kappa shape index (κ3) is 4.53. The van der Waals surface area contributed by atoms with Gasteiger partial charge < -0.3 is 25.0 Å². The average molecular weight is 450 g/mol. The summed E-state index contributed by atoms with van der Waals surface area (Å²) in [5.41, 5.74) is 2.00. The van der Waals surface area contributed by atoms with Gasteiger partial charge in [0.2, 0.25) is 0 Å². The second kappa shape index (κ2) is 9.36. The van der Waals surface area contributed by atoms with Crippen LogP contribution in [0.15, 0.2) is 55.0 Å². The fourth-order valence-corrected chi connectivity index (χ4v) is 4.60. The highest BCUT2D eigenvalue weighted by Crippen LogP contribution is 2.34. The standard InChI is InChI=1S/C24H27N5O2S/c32-23(26-15-19-7-3-6-18-5-1-2-8-20(18)19)28-21-16-25-17-27-22(21)29-11-9-24(10-12-29)30-13-4-14-31-24/h1-3,5-8,16-17H,4,9-15H2,(H2,26,28,32). The van der Waals surface area contributed by atoms with E-state index in [1.165, 1.54) is 16.3 Å². The molecule has 8 heteroatoms. The number of fused-ring (bicyclic) bond motifs is 1. The Bertz CT molecular complexity index is 1090. The molecule has 1 aromatic heterocycles. The molecule has 2 aliphatic rings. The third-order valence-electron chi connectivity index (χ3n) is 6.10. The minimum absolute atomic E-state index is 0.426. The lowest BCUT2D eigenvalue weighted by Gasteiger charge is -2.43. The number of benzene rings is 2. The molecule has 2 aromatic carbocycles. The highest BCUT2D eigenvalue weighted by Gasteiger charge is 2.39. The number of nitrogens with one attached hydrogen (secondary N) is 2.